The van der Waals surface area contributed by atoms with E-state index in [0.29, 0.717) is 25.7 Å². The number of amides is 1. The van der Waals surface area contributed by atoms with E-state index < -0.39 is 0 Å². The maximum absolute atomic E-state index is 11.3. The zero-order valence-corrected chi connectivity index (χ0v) is 11.6. The zero-order chi connectivity index (χ0) is 13.1. The first kappa shape index (κ1) is 16.4. The van der Waals surface area contributed by atoms with Crippen molar-refractivity contribution in [2.24, 2.45) is 0 Å². The molecule has 5 heteroatoms. The number of methoxy groups -OCH3 is 1. The third kappa shape index (κ3) is 9.09. The standard InChI is InChI=1S/C12H27N3O2/c1-5-11(2)15(3)8-6-13-10-12(16)14-7-9-17-4/h11,13H,5-10H2,1-4H3,(H,14,16). The summed E-state index contributed by atoms with van der Waals surface area (Å²) in [6.07, 6.45) is 1.15. The highest BCUT2D eigenvalue weighted by Gasteiger charge is 2.05. The van der Waals surface area contributed by atoms with Crippen molar-refractivity contribution in [3.63, 3.8) is 0 Å². The molecule has 1 amide bonds. The molecule has 0 radical (unpaired) electrons. The van der Waals surface area contributed by atoms with Crippen LogP contribution in [0.25, 0.3) is 0 Å². The minimum Gasteiger partial charge on any atom is -0.383 e. The summed E-state index contributed by atoms with van der Waals surface area (Å²) in [6, 6.07) is 0.590. The summed E-state index contributed by atoms with van der Waals surface area (Å²) >= 11 is 0. The van der Waals surface area contributed by atoms with Gasteiger partial charge < -0.3 is 20.3 Å². The second-order valence-corrected chi connectivity index (χ2v) is 4.26. The second-order valence-electron chi connectivity index (χ2n) is 4.26. The molecule has 0 aromatic rings. The molecule has 0 fully saturated rings. The van der Waals surface area contributed by atoms with E-state index in [4.69, 9.17) is 4.74 Å². The van der Waals surface area contributed by atoms with Gasteiger partial charge in [0, 0.05) is 32.8 Å². The predicted octanol–water partition coefficient (Wildman–Crippen LogP) is 0.0689. The van der Waals surface area contributed by atoms with Gasteiger partial charge in [-0.1, -0.05) is 6.92 Å². The van der Waals surface area contributed by atoms with Crippen LogP contribution < -0.4 is 10.6 Å². The molecule has 2 N–H and O–H groups in total. The van der Waals surface area contributed by atoms with Crippen LogP contribution in [0.15, 0.2) is 0 Å². The Hall–Kier alpha value is -0.650. The third-order valence-corrected chi connectivity index (χ3v) is 2.90. The van der Waals surface area contributed by atoms with Gasteiger partial charge in [0.25, 0.3) is 0 Å². The Morgan fingerprint density at radius 3 is 2.71 bits per heavy atom. The van der Waals surface area contributed by atoms with Crippen LogP contribution >= 0.6 is 0 Å². The van der Waals surface area contributed by atoms with Gasteiger partial charge in [-0.05, 0) is 20.4 Å². The smallest absolute Gasteiger partial charge is 0.234 e. The van der Waals surface area contributed by atoms with E-state index in [-0.39, 0.29) is 5.91 Å². The topological polar surface area (TPSA) is 53.6 Å². The van der Waals surface area contributed by atoms with Crippen molar-refractivity contribution in [2.75, 3.05) is 46.9 Å². The van der Waals surface area contributed by atoms with Crippen LogP contribution in [-0.2, 0) is 9.53 Å². The Morgan fingerprint density at radius 1 is 1.41 bits per heavy atom. The van der Waals surface area contributed by atoms with Crippen molar-refractivity contribution in [3.05, 3.63) is 0 Å². The Labute approximate surface area is 105 Å². The van der Waals surface area contributed by atoms with Crippen molar-refractivity contribution in [1.29, 1.82) is 0 Å². The van der Waals surface area contributed by atoms with Crippen molar-refractivity contribution in [2.45, 2.75) is 26.3 Å². The predicted molar refractivity (Wildman–Crippen MR) is 70.1 cm³/mol. The molecular weight excluding hydrogens is 218 g/mol. The molecule has 0 heterocycles. The maximum atomic E-state index is 11.3. The van der Waals surface area contributed by atoms with Crippen LogP contribution in [-0.4, -0.2) is 63.8 Å². The second kappa shape index (κ2) is 10.5. The number of likely N-dealkylation sites (N-methyl/N-ethyl adjacent to an activating group) is 1. The van der Waals surface area contributed by atoms with Crippen molar-refractivity contribution in [3.8, 4) is 0 Å². The SMILES string of the molecule is CCC(C)N(C)CCNCC(=O)NCCOC. The number of ether oxygens (including phenoxy) is 1. The number of hydrogen-bond acceptors (Lipinski definition) is 4. The maximum Gasteiger partial charge on any atom is 0.234 e. The number of nitrogens with zero attached hydrogens (tertiary/aromatic N) is 1. The average molecular weight is 245 g/mol. The summed E-state index contributed by atoms with van der Waals surface area (Å²) in [6.45, 7) is 7.68. The Kier molecular flexibility index (Phi) is 10.1. The molecule has 102 valence electrons. The zero-order valence-electron chi connectivity index (χ0n) is 11.6. The van der Waals surface area contributed by atoms with Crippen molar-refractivity contribution in [1.82, 2.24) is 15.5 Å². The van der Waals surface area contributed by atoms with Crippen molar-refractivity contribution < 1.29 is 9.53 Å². The van der Waals surface area contributed by atoms with E-state index >= 15 is 0 Å². The lowest BCUT2D eigenvalue weighted by atomic mass is 10.2. The number of nitrogens with one attached hydrogen (secondary N) is 2. The number of rotatable bonds is 10. The van der Waals surface area contributed by atoms with E-state index in [0.717, 1.165) is 19.5 Å². The Bertz CT molecular complexity index is 200. The molecule has 0 saturated carbocycles. The quantitative estimate of drug-likeness (QED) is 0.535. The van der Waals surface area contributed by atoms with Gasteiger partial charge in [0.2, 0.25) is 5.91 Å². The van der Waals surface area contributed by atoms with Gasteiger partial charge in [-0.3, -0.25) is 4.79 Å². The first-order valence-electron chi connectivity index (χ1n) is 6.28. The van der Waals surface area contributed by atoms with Gasteiger partial charge in [0.1, 0.15) is 0 Å². The molecule has 1 atom stereocenters. The lowest BCUT2D eigenvalue weighted by Crippen LogP contribution is -2.40. The molecule has 0 rings (SSSR count). The molecule has 1 unspecified atom stereocenters. The molecule has 0 aliphatic heterocycles. The molecular formula is C12H27N3O2. The summed E-state index contributed by atoms with van der Waals surface area (Å²) in [5, 5.41) is 5.89. The van der Waals surface area contributed by atoms with Crippen LogP contribution in [0.2, 0.25) is 0 Å². The molecule has 0 bridgehead atoms. The minimum atomic E-state index is 0.0215. The molecule has 5 nitrogen and oxygen atoms in total. The third-order valence-electron chi connectivity index (χ3n) is 2.90. The van der Waals surface area contributed by atoms with E-state index in [1.54, 1.807) is 7.11 Å². The molecule has 0 spiro atoms. The monoisotopic (exact) mass is 245 g/mol. The highest BCUT2D eigenvalue weighted by atomic mass is 16.5. The molecule has 17 heavy (non-hydrogen) atoms. The number of carbonyl (C=O) groups excluding carboxylic acids is 1. The molecule has 0 aromatic heterocycles. The summed E-state index contributed by atoms with van der Waals surface area (Å²) in [5.74, 6) is 0.0215. The normalized spacial score (nSPS) is 12.8. The minimum absolute atomic E-state index is 0.0215. The van der Waals surface area contributed by atoms with Gasteiger partial charge in [0.15, 0.2) is 0 Å². The van der Waals surface area contributed by atoms with Crippen LogP contribution in [0, 0.1) is 0 Å². The summed E-state index contributed by atoms with van der Waals surface area (Å²) in [4.78, 5) is 13.6. The van der Waals surface area contributed by atoms with E-state index in [1.807, 2.05) is 0 Å². The number of hydrogen-bond donors (Lipinski definition) is 2. The molecule has 0 saturated heterocycles. The Morgan fingerprint density at radius 2 is 2.12 bits per heavy atom. The van der Waals surface area contributed by atoms with E-state index in [9.17, 15) is 4.79 Å². The fourth-order valence-corrected chi connectivity index (χ4v) is 1.34. The van der Waals surface area contributed by atoms with E-state index in [1.165, 1.54) is 0 Å². The summed E-state index contributed by atoms with van der Waals surface area (Å²) in [7, 11) is 3.73. The van der Waals surface area contributed by atoms with Crippen LogP contribution in [0.4, 0.5) is 0 Å². The fourth-order valence-electron chi connectivity index (χ4n) is 1.34. The lowest BCUT2D eigenvalue weighted by molar-refractivity contribution is -0.120. The largest absolute Gasteiger partial charge is 0.383 e. The van der Waals surface area contributed by atoms with Gasteiger partial charge >= 0.3 is 0 Å². The molecule has 0 aliphatic rings. The Balaban J connectivity index is 3.41. The van der Waals surface area contributed by atoms with E-state index in [2.05, 4.69) is 36.4 Å². The van der Waals surface area contributed by atoms with Gasteiger partial charge in [-0.25, -0.2) is 0 Å². The average Bonchev–Trinajstić information content (AvgIpc) is 2.33. The number of carbonyl (C=O) groups is 1. The van der Waals surface area contributed by atoms with Gasteiger partial charge in [-0.2, -0.15) is 0 Å². The fraction of sp³-hybridized carbons (Fsp3) is 0.917. The van der Waals surface area contributed by atoms with Gasteiger partial charge in [-0.15, -0.1) is 0 Å². The summed E-state index contributed by atoms with van der Waals surface area (Å²) < 4.78 is 4.85. The van der Waals surface area contributed by atoms with Crippen molar-refractivity contribution >= 4 is 5.91 Å². The molecule has 0 aliphatic carbocycles. The van der Waals surface area contributed by atoms with Crippen LogP contribution in [0.5, 0.6) is 0 Å². The molecule has 0 aromatic carbocycles. The first-order valence-corrected chi connectivity index (χ1v) is 6.28. The van der Waals surface area contributed by atoms with Gasteiger partial charge in [0.05, 0.1) is 13.2 Å². The van der Waals surface area contributed by atoms with Crippen LogP contribution in [0.3, 0.4) is 0 Å². The first-order chi connectivity index (χ1) is 8.11. The lowest BCUT2D eigenvalue weighted by Gasteiger charge is -2.23. The van der Waals surface area contributed by atoms with Crippen LogP contribution in [0.1, 0.15) is 20.3 Å². The summed E-state index contributed by atoms with van der Waals surface area (Å²) in [5.41, 5.74) is 0. The highest BCUT2D eigenvalue weighted by Crippen LogP contribution is 1.97. The highest BCUT2D eigenvalue weighted by molar-refractivity contribution is 5.77.